The number of aliphatic carboxylic acids is 1. The molecule has 308 valence electrons. The van der Waals surface area contributed by atoms with Gasteiger partial charge in [0.1, 0.15) is 23.1 Å². The minimum Gasteiger partial charge on any atom is -0.491 e. The molecule has 0 spiro atoms. The number of carbonyl (C=O) groups excluding carboxylic acids is 2. The van der Waals surface area contributed by atoms with E-state index in [-0.39, 0.29) is 31.7 Å². The van der Waals surface area contributed by atoms with Crippen LogP contribution in [0.2, 0.25) is 0 Å². The summed E-state index contributed by atoms with van der Waals surface area (Å²) in [5, 5.41) is 25.1. The molecule has 59 heavy (non-hydrogen) atoms. The number of aryl methyl sites for hydroxylation is 2. The van der Waals surface area contributed by atoms with Crippen molar-refractivity contribution in [1.82, 2.24) is 14.7 Å². The summed E-state index contributed by atoms with van der Waals surface area (Å²) in [5.74, 6) is -1.12. The number of ether oxygens (including phenoxy) is 2. The van der Waals surface area contributed by atoms with Crippen molar-refractivity contribution in [3.63, 3.8) is 0 Å². The number of carbonyl (C=O) groups is 3. The number of benzene rings is 5. The topological polar surface area (TPSA) is 120 Å². The third-order valence-electron chi connectivity index (χ3n) is 10.7. The predicted molar refractivity (Wildman–Crippen MR) is 228 cm³/mol. The van der Waals surface area contributed by atoms with Crippen molar-refractivity contribution in [1.29, 1.82) is 0 Å². The van der Waals surface area contributed by atoms with Gasteiger partial charge in [-0.1, -0.05) is 114 Å². The monoisotopic (exact) mass is 797 g/mol. The van der Waals surface area contributed by atoms with Gasteiger partial charge in [0.15, 0.2) is 6.04 Å². The molecule has 2 N–H and O–H groups in total. The van der Waals surface area contributed by atoms with E-state index in [0.29, 0.717) is 22.6 Å². The van der Waals surface area contributed by atoms with Gasteiger partial charge in [-0.3, -0.25) is 4.79 Å². The summed E-state index contributed by atoms with van der Waals surface area (Å²) in [4.78, 5) is 47.8. The van der Waals surface area contributed by atoms with Crippen LogP contribution in [0.5, 0.6) is 11.5 Å². The molecule has 10 heteroatoms. The van der Waals surface area contributed by atoms with Crippen LogP contribution in [0.15, 0.2) is 127 Å². The summed E-state index contributed by atoms with van der Waals surface area (Å²) in [6.45, 7) is 11.5. The first kappa shape index (κ1) is 42.5. The molecule has 1 unspecified atom stereocenters. The lowest BCUT2D eigenvalue weighted by Crippen LogP contribution is -2.59. The van der Waals surface area contributed by atoms with Crippen LogP contribution in [-0.4, -0.2) is 80.2 Å². The highest BCUT2D eigenvalue weighted by Gasteiger charge is 2.56. The highest BCUT2D eigenvalue weighted by Crippen LogP contribution is 2.46. The third kappa shape index (κ3) is 9.29. The molecule has 5 aromatic rings. The van der Waals surface area contributed by atoms with Gasteiger partial charge in [0.05, 0.1) is 18.2 Å². The van der Waals surface area contributed by atoms with Crippen molar-refractivity contribution in [2.45, 2.75) is 97.0 Å². The smallest absolute Gasteiger partial charge is 0.329 e. The molecule has 0 radical (unpaired) electrons. The van der Waals surface area contributed by atoms with Gasteiger partial charge < -0.3 is 34.4 Å². The molecule has 3 atom stereocenters. The van der Waals surface area contributed by atoms with E-state index in [9.17, 15) is 19.8 Å². The molecule has 1 fully saturated rings. The van der Waals surface area contributed by atoms with Gasteiger partial charge in [-0.2, -0.15) is 0 Å². The largest absolute Gasteiger partial charge is 0.491 e. The number of urea groups is 1. The molecule has 5 aromatic carbocycles. The second-order valence-corrected chi connectivity index (χ2v) is 16.0. The van der Waals surface area contributed by atoms with Crippen molar-refractivity contribution < 1.29 is 34.1 Å². The van der Waals surface area contributed by atoms with Crippen LogP contribution >= 0.6 is 0 Å². The van der Waals surface area contributed by atoms with Gasteiger partial charge in [-0.05, 0) is 88.9 Å². The van der Waals surface area contributed by atoms with Crippen LogP contribution in [0, 0.1) is 13.8 Å². The summed E-state index contributed by atoms with van der Waals surface area (Å²) in [6.07, 6.45) is -0.395. The lowest BCUT2D eigenvalue weighted by atomic mass is 9.75. The van der Waals surface area contributed by atoms with E-state index < -0.39 is 41.6 Å². The number of carboxylic acid groups (broad SMARTS) is 1. The Hall–Kier alpha value is -6.13. The lowest BCUT2D eigenvalue weighted by Gasteiger charge is -2.45. The third-order valence-corrected chi connectivity index (χ3v) is 10.7. The summed E-state index contributed by atoms with van der Waals surface area (Å²) in [6, 6.07) is 34.4. The highest BCUT2D eigenvalue weighted by atomic mass is 16.5. The molecule has 1 heterocycles. The maximum Gasteiger partial charge on any atom is 0.329 e. The van der Waals surface area contributed by atoms with Gasteiger partial charge in [0.2, 0.25) is 5.91 Å². The summed E-state index contributed by atoms with van der Waals surface area (Å²) >= 11 is 0. The van der Waals surface area contributed by atoms with Crippen molar-refractivity contribution >= 4 is 17.9 Å². The zero-order chi connectivity index (χ0) is 42.4. The predicted octanol–water partition coefficient (Wildman–Crippen LogP) is 8.14. The van der Waals surface area contributed by atoms with Crippen LogP contribution < -0.4 is 9.47 Å². The fraction of sp³-hybridized carbons (Fsp3) is 0.327. The van der Waals surface area contributed by atoms with Crippen LogP contribution in [0.3, 0.4) is 0 Å². The maximum atomic E-state index is 15.7. The van der Waals surface area contributed by atoms with Gasteiger partial charge in [0.25, 0.3) is 0 Å². The van der Waals surface area contributed by atoms with Crippen LogP contribution in [0.25, 0.3) is 0 Å². The van der Waals surface area contributed by atoms with Crippen molar-refractivity contribution in [3.8, 4) is 11.5 Å². The molecule has 0 aliphatic carbocycles. The molecule has 3 amide bonds. The lowest BCUT2D eigenvalue weighted by molar-refractivity contribution is -0.150. The quantitative estimate of drug-likeness (QED) is 0.104. The molecule has 1 aliphatic heterocycles. The fourth-order valence-corrected chi connectivity index (χ4v) is 8.04. The summed E-state index contributed by atoms with van der Waals surface area (Å²) in [5.41, 5.74) is 2.76. The Labute approximate surface area is 347 Å². The van der Waals surface area contributed by atoms with Crippen LogP contribution in [0.1, 0.15) is 66.6 Å². The van der Waals surface area contributed by atoms with Crippen LogP contribution in [-0.2, 0) is 34.7 Å². The van der Waals surface area contributed by atoms with E-state index in [1.54, 1.807) is 7.05 Å². The van der Waals surface area contributed by atoms with Gasteiger partial charge in [-0.25, -0.2) is 9.59 Å². The number of hydrogen-bond donors (Lipinski definition) is 2. The number of nitrogens with zero attached hydrogens (tertiary/aromatic N) is 3. The number of aliphatic hydroxyl groups is 1. The normalized spacial score (nSPS) is 16.1. The summed E-state index contributed by atoms with van der Waals surface area (Å²) < 4.78 is 12.9. The van der Waals surface area contributed by atoms with E-state index in [0.717, 1.165) is 27.8 Å². The van der Waals surface area contributed by atoms with Crippen LogP contribution in [0.4, 0.5) is 4.79 Å². The molecule has 0 bridgehead atoms. The Balaban J connectivity index is 1.59. The van der Waals surface area contributed by atoms with Gasteiger partial charge in [0, 0.05) is 31.3 Å². The Bertz CT molecular complexity index is 2170. The standard InChI is InChI=1S/C49H55N3O7/c1-32(2)58-41-25-23-34(5)27-39(41)49(57,40-28-35(6)24-26-42(40)59-33(3)4)43(29-36-17-11-8-12-18-36)50(7)46(53)44-45(47(54)55)52(31-38-21-15-10-16-22-38)48(56)51(44)30-37-19-13-9-14-20-37/h8-28,32-33,43-45,57H,29-31H2,1-7H3,(H,54,55)/t43?,44-,45+/m1/s1. The summed E-state index contributed by atoms with van der Waals surface area (Å²) in [7, 11) is 1.59. The number of amides is 3. The number of rotatable bonds is 16. The molecular formula is C49H55N3O7. The zero-order valence-electron chi connectivity index (χ0n) is 34.9. The second-order valence-electron chi connectivity index (χ2n) is 16.0. The van der Waals surface area contributed by atoms with E-state index in [1.807, 2.05) is 169 Å². The molecule has 0 aromatic heterocycles. The number of likely N-dealkylation sites (N-methyl/N-ethyl adjacent to an activating group) is 1. The Kier molecular flexibility index (Phi) is 13.1. The van der Waals surface area contributed by atoms with Gasteiger partial charge in [-0.15, -0.1) is 0 Å². The minimum atomic E-state index is -2.03. The SMILES string of the molecule is Cc1ccc(OC(C)C)c(C(O)(c2cc(C)ccc2OC(C)C)C(Cc2ccccc2)N(C)C(=O)[C@H]2[C@@H](C(=O)O)N(Cc3ccccc3)C(=O)N2Cc2ccccc2)c1. The maximum absolute atomic E-state index is 15.7. The van der Waals surface area contributed by atoms with Crippen molar-refractivity contribution in [2.75, 3.05) is 7.05 Å². The molecule has 1 aliphatic rings. The zero-order valence-corrected chi connectivity index (χ0v) is 34.9. The highest BCUT2D eigenvalue weighted by molar-refractivity contribution is 5.98. The average Bonchev–Trinajstić information content (AvgIpc) is 3.48. The molecular weight excluding hydrogens is 743 g/mol. The molecule has 6 rings (SSSR count). The Morgan fingerprint density at radius 2 is 1.07 bits per heavy atom. The number of hydrogen-bond acceptors (Lipinski definition) is 6. The molecule has 0 saturated carbocycles. The van der Waals surface area contributed by atoms with Gasteiger partial charge >= 0.3 is 12.0 Å². The van der Waals surface area contributed by atoms with E-state index in [1.165, 1.54) is 14.7 Å². The Morgan fingerprint density at radius 3 is 1.47 bits per heavy atom. The molecule has 1 saturated heterocycles. The fourth-order valence-electron chi connectivity index (χ4n) is 8.04. The Morgan fingerprint density at radius 1 is 0.661 bits per heavy atom. The first-order valence-electron chi connectivity index (χ1n) is 20.2. The van der Waals surface area contributed by atoms with Crippen molar-refractivity contribution in [2.24, 2.45) is 0 Å². The second kappa shape index (κ2) is 18.2. The average molecular weight is 798 g/mol. The van der Waals surface area contributed by atoms with E-state index in [2.05, 4.69) is 0 Å². The van der Waals surface area contributed by atoms with Crippen molar-refractivity contribution in [3.05, 3.63) is 166 Å². The first-order valence-corrected chi connectivity index (χ1v) is 20.2. The first-order chi connectivity index (χ1) is 28.2. The van der Waals surface area contributed by atoms with E-state index in [4.69, 9.17) is 9.47 Å². The minimum absolute atomic E-state index is 0.0128. The van der Waals surface area contributed by atoms with E-state index >= 15 is 4.79 Å². The number of carboxylic acids is 1. The molecule has 10 nitrogen and oxygen atoms in total.